The van der Waals surface area contributed by atoms with E-state index in [1.54, 1.807) is 6.33 Å². The number of ether oxygens (including phenoxy) is 1. The van der Waals surface area contributed by atoms with Gasteiger partial charge in [-0.05, 0) is 31.2 Å². The summed E-state index contributed by atoms with van der Waals surface area (Å²) in [6.07, 6.45) is 5.23. The molecule has 2 aromatic rings. The number of nitrogens with one attached hydrogen (secondary N) is 1. The van der Waals surface area contributed by atoms with E-state index in [0.29, 0.717) is 6.61 Å². The Morgan fingerprint density at radius 2 is 1.74 bits per heavy atom. The Hall–Kier alpha value is -1.94. The molecule has 4 nitrogen and oxygen atoms in total. The molecule has 0 aliphatic rings. The van der Waals surface area contributed by atoms with Crippen molar-refractivity contribution in [1.29, 1.82) is 0 Å². The van der Waals surface area contributed by atoms with Crippen LogP contribution >= 0.6 is 0 Å². The Bertz CT molecular complexity index is 485. The van der Waals surface area contributed by atoms with Crippen LogP contribution in [0.15, 0.2) is 43.0 Å². The van der Waals surface area contributed by atoms with Crippen molar-refractivity contribution in [3.05, 3.63) is 54.1 Å². The summed E-state index contributed by atoms with van der Waals surface area (Å²) >= 11 is 0. The normalized spacial score (nSPS) is 12.1. The predicted octanol–water partition coefficient (Wildman–Crippen LogP) is 2.57. The fourth-order valence-corrected chi connectivity index (χ4v) is 2.02. The molecule has 0 amide bonds. The Labute approximate surface area is 113 Å². The number of rotatable bonds is 6. The zero-order valence-electron chi connectivity index (χ0n) is 11.3. The summed E-state index contributed by atoms with van der Waals surface area (Å²) in [6, 6.07) is 8.25. The molecule has 0 bridgehead atoms. The molecule has 1 atom stereocenters. The van der Waals surface area contributed by atoms with Crippen molar-refractivity contribution in [1.82, 2.24) is 15.3 Å². The lowest BCUT2D eigenvalue weighted by Crippen LogP contribution is -2.22. The number of nitrogens with zero attached hydrogens (tertiary/aromatic N) is 2. The summed E-state index contributed by atoms with van der Waals surface area (Å²) in [6.45, 7) is 5.64. The number of aromatic nitrogens is 2. The molecular weight excluding hydrogens is 238 g/mol. The topological polar surface area (TPSA) is 47.0 Å². The molecule has 1 heterocycles. The molecular formula is C15H19N3O. The summed E-state index contributed by atoms with van der Waals surface area (Å²) in [5.74, 6) is 0.894. The monoisotopic (exact) mass is 257 g/mol. The average Bonchev–Trinajstić information content (AvgIpc) is 2.47. The van der Waals surface area contributed by atoms with Crippen LogP contribution in [0.1, 0.15) is 31.0 Å². The van der Waals surface area contributed by atoms with E-state index in [4.69, 9.17) is 4.74 Å². The third-order valence-corrected chi connectivity index (χ3v) is 2.85. The summed E-state index contributed by atoms with van der Waals surface area (Å²) in [5.41, 5.74) is 2.24. The Morgan fingerprint density at radius 1 is 1.05 bits per heavy atom. The van der Waals surface area contributed by atoms with Gasteiger partial charge < -0.3 is 10.1 Å². The highest BCUT2D eigenvalue weighted by atomic mass is 16.5. The summed E-state index contributed by atoms with van der Waals surface area (Å²) in [5, 5.41) is 3.45. The zero-order chi connectivity index (χ0) is 13.5. The van der Waals surface area contributed by atoms with Gasteiger partial charge in [0.2, 0.25) is 0 Å². The minimum absolute atomic E-state index is 0.113. The molecule has 100 valence electrons. The molecule has 0 aliphatic carbocycles. The van der Waals surface area contributed by atoms with E-state index in [9.17, 15) is 0 Å². The fraction of sp³-hybridized carbons (Fsp3) is 0.333. The highest BCUT2D eigenvalue weighted by molar-refractivity contribution is 5.33. The average molecular weight is 257 g/mol. The minimum Gasteiger partial charge on any atom is -0.494 e. The van der Waals surface area contributed by atoms with Crippen LogP contribution in [0.5, 0.6) is 5.75 Å². The van der Waals surface area contributed by atoms with Crippen molar-refractivity contribution < 1.29 is 4.74 Å². The minimum atomic E-state index is 0.113. The van der Waals surface area contributed by atoms with Crippen LogP contribution in [0.2, 0.25) is 0 Å². The maximum absolute atomic E-state index is 5.46. The SMILES string of the molecule is CCNC(c1ccc(OCC)cc1)c1cncnc1. The molecule has 1 unspecified atom stereocenters. The molecule has 0 saturated carbocycles. The number of hydrogen-bond donors (Lipinski definition) is 1. The van der Waals surface area contributed by atoms with Gasteiger partial charge >= 0.3 is 0 Å². The van der Waals surface area contributed by atoms with E-state index in [1.165, 1.54) is 5.56 Å². The first kappa shape index (κ1) is 13.5. The van der Waals surface area contributed by atoms with Crippen molar-refractivity contribution in [3.8, 4) is 5.75 Å². The van der Waals surface area contributed by atoms with E-state index in [-0.39, 0.29) is 6.04 Å². The second-order valence-corrected chi connectivity index (χ2v) is 4.16. The molecule has 19 heavy (non-hydrogen) atoms. The van der Waals surface area contributed by atoms with Crippen molar-refractivity contribution in [2.75, 3.05) is 13.2 Å². The highest BCUT2D eigenvalue weighted by Gasteiger charge is 2.13. The number of benzene rings is 1. The van der Waals surface area contributed by atoms with E-state index in [2.05, 4.69) is 34.3 Å². The van der Waals surface area contributed by atoms with Crippen LogP contribution in [0.3, 0.4) is 0 Å². The van der Waals surface area contributed by atoms with Crippen molar-refractivity contribution in [2.24, 2.45) is 0 Å². The van der Waals surface area contributed by atoms with Gasteiger partial charge in [0.1, 0.15) is 12.1 Å². The standard InChI is InChI=1S/C15H19N3O/c1-3-18-15(13-9-16-11-17-10-13)12-5-7-14(8-6-12)19-4-2/h5-11,15,18H,3-4H2,1-2H3. The van der Waals surface area contributed by atoms with Crippen molar-refractivity contribution in [3.63, 3.8) is 0 Å². The van der Waals surface area contributed by atoms with Gasteiger partial charge in [-0.3, -0.25) is 0 Å². The van der Waals surface area contributed by atoms with Gasteiger partial charge in [-0.1, -0.05) is 19.1 Å². The lowest BCUT2D eigenvalue weighted by Gasteiger charge is -2.18. The summed E-state index contributed by atoms with van der Waals surface area (Å²) < 4.78 is 5.46. The zero-order valence-corrected chi connectivity index (χ0v) is 11.3. The molecule has 1 N–H and O–H groups in total. The van der Waals surface area contributed by atoms with E-state index in [0.717, 1.165) is 17.9 Å². The van der Waals surface area contributed by atoms with Crippen LogP contribution < -0.4 is 10.1 Å². The van der Waals surface area contributed by atoms with Gasteiger partial charge in [0.05, 0.1) is 12.6 Å². The largest absolute Gasteiger partial charge is 0.494 e. The summed E-state index contributed by atoms with van der Waals surface area (Å²) in [7, 11) is 0. The first-order valence-corrected chi connectivity index (χ1v) is 6.56. The van der Waals surface area contributed by atoms with Gasteiger partial charge in [-0.25, -0.2) is 9.97 Å². The van der Waals surface area contributed by atoms with Crippen LogP contribution in [0.25, 0.3) is 0 Å². The van der Waals surface area contributed by atoms with Crippen LogP contribution in [0.4, 0.5) is 0 Å². The third kappa shape index (κ3) is 3.51. The van der Waals surface area contributed by atoms with E-state index in [1.807, 2.05) is 31.5 Å². The van der Waals surface area contributed by atoms with Crippen LogP contribution in [-0.2, 0) is 0 Å². The molecule has 0 radical (unpaired) electrons. The molecule has 4 heteroatoms. The van der Waals surface area contributed by atoms with Crippen molar-refractivity contribution in [2.45, 2.75) is 19.9 Å². The van der Waals surface area contributed by atoms with Gasteiger partial charge in [0, 0.05) is 18.0 Å². The molecule has 1 aromatic carbocycles. The smallest absolute Gasteiger partial charge is 0.119 e. The Balaban J connectivity index is 2.24. The molecule has 0 aliphatic heterocycles. The molecule has 2 rings (SSSR count). The maximum Gasteiger partial charge on any atom is 0.119 e. The maximum atomic E-state index is 5.46. The Morgan fingerprint density at radius 3 is 2.32 bits per heavy atom. The predicted molar refractivity (Wildman–Crippen MR) is 75.2 cm³/mol. The first-order valence-electron chi connectivity index (χ1n) is 6.56. The van der Waals surface area contributed by atoms with Gasteiger partial charge in [0.15, 0.2) is 0 Å². The van der Waals surface area contributed by atoms with Crippen LogP contribution in [0, 0.1) is 0 Å². The second kappa shape index (κ2) is 6.85. The quantitative estimate of drug-likeness (QED) is 0.864. The lowest BCUT2D eigenvalue weighted by molar-refractivity contribution is 0.340. The van der Waals surface area contributed by atoms with E-state index < -0.39 is 0 Å². The Kier molecular flexibility index (Phi) is 4.86. The summed E-state index contributed by atoms with van der Waals surface area (Å²) in [4.78, 5) is 8.17. The lowest BCUT2D eigenvalue weighted by atomic mass is 10.0. The van der Waals surface area contributed by atoms with Gasteiger partial charge in [-0.2, -0.15) is 0 Å². The van der Waals surface area contributed by atoms with Crippen LogP contribution in [-0.4, -0.2) is 23.1 Å². The molecule has 0 saturated heterocycles. The van der Waals surface area contributed by atoms with E-state index >= 15 is 0 Å². The molecule has 0 fully saturated rings. The van der Waals surface area contributed by atoms with Gasteiger partial charge in [-0.15, -0.1) is 0 Å². The van der Waals surface area contributed by atoms with Gasteiger partial charge in [0.25, 0.3) is 0 Å². The molecule has 0 spiro atoms. The second-order valence-electron chi connectivity index (χ2n) is 4.16. The van der Waals surface area contributed by atoms with Crippen molar-refractivity contribution >= 4 is 0 Å². The molecule has 1 aromatic heterocycles. The third-order valence-electron chi connectivity index (χ3n) is 2.85. The fourth-order valence-electron chi connectivity index (χ4n) is 2.02. The highest BCUT2D eigenvalue weighted by Crippen LogP contribution is 2.23. The first-order chi connectivity index (χ1) is 9.35. The number of hydrogen-bond acceptors (Lipinski definition) is 4.